The molecule has 1 atom stereocenters. The molecule has 1 aromatic heterocycles. The molecule has 114 valence electrons. The fourth-order valence-electron chi connectivity index (χ4n) is 2.75. The van der Waals surface area contributed by atoms with E-state index in [-0.39, 0.29) is 17.9 Å². The molecule has 8 heteroatoms. The van der Waals surface area contributed by atoms with E-state index < -0.39 is 0 Å². The van der Waals surface area contributed by atoms with Crippen LogP contribution in [-0.2, 0) is 4.79 Å². The third-order valence-corrected chi connectivity index (χ3v) is 3.87. The standard InChI is InChI=1S/C13H21N7O/c14-11-17-12(16-9-5-4-6-15-10(9)21)19-13(18-11)20-7-2-1-3-8-20/h9H,1-8H2,(H,15,21)(H3,14,16,17,18,19). The van der Waals surface area contributed by atoms with Crippen LogP contribution in [0.25, 0.3) is 0 Å². The number of nitrogens with two attached hydrogens (primary N) is 1. The summed E-state index contributed by atoms with van der Waals surface area (Å²) in [5.41, 5.74) is 5.78. The number of nitrogens with zero attached hydrogens (tertiary/aromatic N) is 4. The van der Waals surface area contributed by atoms with Crippen molar-refractivity contribution >= 4 is 23.8 Å². The van der Waals surface area contributed by atoms with Gasteiger partial charge in [0.2, 0.25) is 23.8 Å². The Hall–Kier alpha value is -2.12. The van der Waals surface area contributed by atoms with Crippen LogP contribution < -0.4 is 21.3 Å². The molecule has 0 aromatic carbocycles. The van der Waals surface area contributed by atoms with Gasteiger partial charge < -0.3 is 21.3 Å². The quantitative estimate of drug-likeness (QED) is 0.726. The van der Waals surface area contributed by atoms with E-state index in [1.165, 1.54) is 6.42 Å². The number of nitrogen functional groups attached to an aromatic ring is 1. The van der Waals surface area contributed by atoms with Crippen molar-refractivity contribution in [3.8, 4) is 0 Å². The third-order valence-electron chi connectivity index (χ3n) is 3.87. The molecule has 3 heterocycles. The Morgan fingerprint density at radius 3 is 2.71 bits per heavy atom. The molecule has 1 unspecified atom stereocenters. The Morgan fingerprint density at radius 1 is 1.14 bits per heavy atom. The fraction of sp³-hybridized carbons (Fsp3) is 0.692. The van der Waals surface area contributed by atoms with Crippen molar-refractivity contribution in [2.75, 3.05) is 35.6 Å². The maximum absolute atomic E-state index is 11.8. The van der Waals surface area contributed by atoms with E-state index in [0.29, 0.717) is 11.9 Å². The molecule has 0 spiro atoms. The highest BCUT2D eigenvalue weighted by atomic mass is 16.2. The van der Waals surface area contributed by atoms with Gasteiger partial charge in [0.25, 0.3) is 0 Å². The predicted octanol–water partition coefficient (Wildman–Crippen LogP) is 0.135. The lowest BCUT2D eigenvalue weighted by Gasteiger charge is -2.27. The maximum Gasteiger partial charge on any atom is 0.242 e. The van der Waals surface area contributed by atoms with Crippen LogP contribution in [0.2, 0.25) is 0 Å². The Morgan fingerprint density at radius 2 is 1.95 bits per heavy atom. The monoisotopic (exact) mass is 291 g/mol. The minimum atomic E-state index is -0.297. The smallest absolute Gasteiger partial charge is 0.242 e. The number of carbonyl (C=O) groups is 1. The van der Waals surface area contributed by atoms with E-state index in [1.807, 2.05) is 0 Å². The number of carbonyl (C=O) groups excluding carboxylic acids is 1. The molecule has 0 saturated carbocycles. The van der Waals surface area contributed by atoms with Crippen LogP contribution in [0.4, 0.5) is 17.8 Å². The second-order valence-electron chi connectivity index (χ2n) is 5.50. The van der Waals surface area contributed by atoms with Gasteiger partial charge in [0.15, 0.2) is 0 Å². The normalized spacial score (nSPS) is 22.8. The summed E-state index contributed by atoms with van der Waals surface area (Å²) in [6.07, 6.45) is 5.24. The molecule has 1 aromatic rings. The van der Waals surface area contributed by atoms with Crippen LogP contribution in [0.1, 0.15) is 32.1 Å². The molecule has 2 aliphatic rings. The van der Waals surface area contributed by atoms with Gasteiger partial charge in [0, 0.05) is 19.6 Å². The lowest BCUT2D eigenvalue weighted by Crippen LogP contribution is -2.44. The minimum absolute atomic E-state index is 0.0141. The molecule has 0 aliphatic carbocycles. The molecule has 2 fully saturated rings. The van der Waals surface area contributed by atoms with Crippen molar-refractivity contribution in [3.05, 3.63) is 0 Å². The largest absolute Gasteiger partial charge is 0.368 e. The zero-order valence-corrected chi connectivity index (χ0v) is 12.0. The summed E-state index contributed by atoms with van der Waals surface area (Å²) < 4.78 is 0. The first-order chi connectivity index (χ1) is 10.2. The molecule has 21 heavy (non-hydrogen) atoms. The summed E-state index contributed by atoms with van der Waals surface area (Å²) in [6.45, 7) is 2.61. The fourth-order valence-corrected chi connectivity index (χ4v) is 2.75. The summed E-state index contributed by atoms with van der Waals surface area (Å²) in [4.78, 5) is 26.6. The first-order valence-corrected chi connectivity index (χ1v) is 7.53. The van der Waals surface area contributed by atoms with Crippen LogP contribution >= 0.6 is 0 Å². The summed E-state index contributed by atoms with van der Waals surface area (Å²) in [5, 5.41) is 5.90. The van der Waals surface area contributed by atoms with Gasteiger partial charge in [-0.2, -0.15) is 15.0 Å². The van der Waals surface area contributed by atoms with E-state index in [0.717, 1.165) is 45.3 Å². The van der Waals surface area contributed by atoms with Crippen molar-refractivity contribution in [1.29, 1.82) is 0 Å². The van der Waals surface area contributed by atoms with E-state index in [1.54, 1.807) is 0 Å². The number of piperidine rings is 2. The Balaban J connectivity index is 1.75. The Bertz CT molecular complexity index is 515. The van der Waals surface area contributed by atoms with Crippen LogP contribution in [0, 0.1) is 0 Å². The van der Waals surface area contributed by atoms with E-state index in [4.69, 9.17) is 5.73 Å². The van der Waals surface area contributed by atoms with Crippen molar-refractivity contribution in [1.82, 2.24) is 20.3 Å². The topological polar surface area (TPSA) is 109 Å². The van der Waals surface area contributed by atoms with Crippen LogP contribution in [0.3, 0.4) is 0 Å². The van der Waals surface area contributed by atoms with Crippen molar-refractivity contribution in [2.45, 2.75) is 38.1 Å². The number of hydrogen-bond donors (Lipinski definition) is 3. The van der Waals surface area contributed by atoms with Gasteiger partial charge in [-0.1, -0.05) is 0 Å². The number of aromatic nitrogens is 3. The molecule has 0 bridgehead atoms. The first kappa shape index (κ1) is 13.8. The predicted molar refractivity (Wildman–Crippen MR) is 80.0 cm³/mol. The second kappa shape index (κ2) is 6.11. The number of hydrogen-bond acceptors (Lipinski definition) is 7. The van der Waals surface area contributed by atoms with E-state index in [9.17, 15) is 4.79 Å². The molecule has 0 radical (unpaired) electrons. The molecular formula is C13H21N7O. The molecular weight excluding hydrogens is 270 g/mol. The second-order valence-corrected chi connectivity index (χ2v) is 5.50. The zero-order chi connectivity index (χ0) is 14.7. The number of rotatable bonds is 3. The average Bonchev–Trinajstić information content (AvgIpc) is 2.50. The van der Waals surface area contributed by atoms with Gasteiger partial charge in [-0.15, -0.1) is 0 Å². The molecule has 2 aliphatic heterocycles. The highest BCUT2D eigenvalue weighted by Crippen LogP contribution is 2.18. The van der Waals surface area contributed by atoms with Gasteiger partial charge in [0.05, 0.1) is 0 Å². The number of anilines is 3. The van der Waals surface area contributed by atoms with Crippen LogP contribution in [0.15, 0.2) is 0 Å². The third kappa shape index (κ3) is 3.32. The number of nitrogens with one attached hydrogen (secondary N) is 2. The maximum atomic E-state index is 11.8. The summed E-state index contributed by atoms with van der Waals surface area (Å²) >= 11 is 0. The molecule has 4 N–H and O–H groups in total. The van der Waals surface area contributed by atoms with Crippen molar-refractivity contribution in [2.24, 2.45) is 0 Å². The van der Waals surface area contributed by atoms with Gasteiger partial charge >= 0.3 is 0 Å². The van der Waals surface area contributed by atoms with Crippen LogP contribution in [-0.4, -0.2) is 46.5 Å². The minimum Gasteiger partial charge on any atom is -0.368 e. The Labute approximate surface area is 123 Å². The summed E-state index contributed by atoms with van der Waals surface area (Å²) in [6, 6.07) is -0.297. The SMILES string of the molecule is Nc1nc(NC2CCCNC2=O)nc(N2CCCCC2)n1. The van der Waals surface area contributed by atoms with Gasteiger partial charge in [0.1, 0.15) is 6.04 Å². The van der Waals surface area contributed by atoms with E-state index >= 15 is 0 Å². The first-order valence-electron chi connectivity index (χ1n) is 7.53. The lowest BCUT2D eigenvalue weighted by molar-refractivity contribution is -0.123. The highest BCUT2D eigenvalue weighted by Gasteiger charge is 2.23. The summed E-state index contributed by atoms with van der Waals surface area (Å²) in [5.74, 6) is 1.15. The van der Waals surface area contributed by atoms with Gasteiger partial charge in [-0.05, 0) is 32.1 Å². The molecule has 1 amide bonds. The highest BCUT2D eigenvalue weighted by molar-refractivity contribution is 5.84. The molecule has 3 rings (SSSR count). The lowest BCUT2D eigenvalue weighted by atomic mass is 10.1. The van der Waals surface area contributed by atoms with Gasteiger partial charge in [-0.3, -0.25) is 4.79 Å². The van der Waals surface area contributed by atoms with Crippen molar-refractivity contribution < 1.29 is 4.79 Å². The molecule has 8 nitrogen and oxygen atoms in total. The van der Waals surface area contributed by atoms with Crippen LogP contribution in [0.5, 0.6) is 0 Å². The number of amides is 1. The average molecular weight is 291 g/mol. The molecule has 2 saturated heterocycles. The Kier molecular flexibility index (Phi) is 4.03. The van der Waals surface area contributed by atoms with E-state index in [2.05, 4.69) is 30.5 Å². The summed E-state index contributed by atoms with van der Waals surface area (Å²) in [7, 11) is 0. The zero-order valence-electron chi connectivity index (χ0n) is 12.0. The van der Waals surface area contributed by atoms with Crippen molar-refractivity contribution in [3.63, 3.8) is 0 Å². The van der Waals surface area contributed by atoms with Gasteiger partial charge in [-0.25, -0.2) is 0 Å².